The van der Waals surface area contributed by atoms with Crippen LogP contribution in [0, 0.1) is 5.92 Å². The minimum Gasteiger partial charge on any atom is -0.315 e. The Morgan fingerprint density at radius 1 is 0.696 bits per heavy atom. The van der Waals surface area contributed by atoms with Crippen LogP contribution in [0.1, 0.15) is 103 Å². The molecule has 2 heteroatoms. The largest absolute Gasteiger partial charge is 0.315 e. The Kier molecular flexibility index (Phi) is 9.60. The molecule has 0 aliphatic heterocycles. The molecule has 0 aromatic carbocycles. The van der Waals surface area contributed by atoms with Crippen LogP contribution >= 0.6 is 0 Å². The number of hydrogen-bond donors (Lipinski definition) is 2. The highest BCUT2D eigenvalue weighted by molar-refractivity contribution is 4.98. The molecule has 3 rings (SSSR count). The molecule has 3 fully saturated rings. The van der Waals surface area contributed by atoms with E-state index in [4.69, 9.17) is 0 Å². The van der Waals surface area contributed by atoms with Crippen molar-refractivity contribution in [3.8, 4) is 0 Å². The Balaban J connectivity index is 1.32. The van der Waals surface area contributed by atoms with E-state index in [2.05, 4.69) is 17.6 Å². The standard InChI is InChI=1S/C21H42N2/c1-2-3-4-5-6-7-8-9-10-17-22-18-19-23-21-14-11-20(12-15-21)13-16-21/h20,22-23H,2-19H2,1H3. The molecule has 2 nitrogen and oxygen atoms in total. The quantitative estimate of drug-likeness (QED) is 0.417. The molecule has 3 aliphatic carbocycles. The highest BCUT2D eigenvalue weighted by Gasteiger charge is 2.39. The monoisotopic (exact) mass is 322 g/mol. The van der Waals surface area contributed by atoms with Crippen LogP contribution in [-0.2, 0) is 0 Å². The van der Waals surface area contributed by atoms with Gasteiger partial charge in [-0.25, -0.2) is 0 Å². The summed E-state index contributed by atoms with van der Waals surface area (Å²) >= 11 is 0. The normalized spacial score (nSPS) is 26.7. The predicted octanol–water partition coefficient (Wildman–Crippen LogP) is 5.42. The summed E-state index contributed by atoms with van der Waals surface area (Å²) in [5.41, 5.74) is 0.536. The zero-order valence-corrected chi connectivity index (χ0v) is 15.8. The molecule has 0 radical (unpaired) electrons. The topological polar surface area (TPSA) is 24.1 Å². The van der Waals surface area contributed by atoms with Crippen LogP contribution in [0.2, 0.25) is 0 Å². The first-order valence-electron chi connectivity index (χ1n) is 10.8. The van der Waals surface area contributed by atoms with Crippen LogP contribution in [0.5, 0.6) is 0 Å². The zero-order chi connectivity index (χ0) is 16.2. The Morgan fingerprint density at radius 3 is 1.87 bits per heavy atom. The maximum atomic E-state index is 3.90. The molecule has 23 heavy (non-hydrogen) atoms. The van der Waals surface area contributed by atoms with Crippen molar-refractivity contribution in [2.75, 3.05) is 19.6 Å². The third kappa shape index (κ3) is 7.56. The van der Waals surface area contributed by atoms with Crippen molar-refractivity contribution in [3.63, 3.8) is 0 Å². The number of fused-ring (bicyclic) bond motifs is 3. The molecular formula is C21H42N2. The summed E-state index contributed by atoms with van der Waals surface area (Å²) in [6.45, 7) is 5.83. The minimum atomic E-state index is 0.536. The number of hydrogen-bond acceptors (Lipinski definition) is 2. The zero-order valence-electron chi connectivity index (χ0n) is 15.8. The lowest BCUT2D eigenvalue weighted by atomic mass is 9.66. The summed E-state index contributed by atoms with van der Waals surface area (Å²) in [6, 6.07) is 0. The van der Waals surface area contributed by atoms with Crippen LogP contribution in [-0.4, -0.2) is 25.2 Å². The Hall–Kier alpha value is -0.0800. The molecule has 0 aromatic heterocycles. The van der Waals surface area contributed by atoms with Crippen LogP contribution in [0.4, 0.5) is 0 Å². The molecule has 0 spiro atoms. The second kappa shape index (κ2) is 11.5. The van der Waals surface area contributed by atoms with Gasteiger partial charge in [-0.15, -0.1) is 0 Å². The molecular weight excluding hydrogens is 280 g/mol. The third-order valence-electron chi connectivity index (χ3n) is 6.35. The van der Waals surface area contributed by atoms with Crippen molar-refractivity contribution in [2.24, 2.45) is 5.92 Å². The first kappa shape index (κ1) is 19.2. The van der Waals surface area contributed by atoms with E-state index in [-0.39, 0.29) is 0 Å². The van der Waals surface area contributed by atoms with Gasteiger partial charge in [0.2, 0.25) is 0 Å². The average Bonchev–Trinajstić information content (AvgIpc) is 2.60. The van der Waals surface area contributed by atoms with Gasteiger partial charge in [-0.1, -0.05) is 58.3 Å². The highest BCUT2D eigenvalue weighted by Crippen LogP contribution is 2.43. The predicted molar refractivity (Wildman–Crippen MR) is 102 cm³/mol. The van der Waals surface area contributed by atoms with Gasteiger partial charge in [-0.05, 0) is 57.4 Å². The smallest absolute Gasteiger partial charge is 0.0182 e. The lowest BCUT2D eigenvalue weighted by Crippen LogP contribution is -2.53. The van der Waals surface area contributed by atoms with Crippen molar-refractivity contribution < 1.29 is 0 Å². The van der Waals surface area contributed by atoms with Gasteiger partial charge < -0.3 is 10.6 Å². The van der Waals surface area contributed by atoms with Crippen LogP contribution < -0.4 is 10.6 Å². The number of rotatable bonds is 14. The lowest BCUT2D eigenvalue weighted by Gasteiger charge is -2.47. The van der Waals surface area contributed by atoms with Gasteiger partial charge in [-0.3, -0.25) is 0 Å². The summed E-state index contributed by atoms with van der Waals surface area (Å²) in [4.78, 5) is 0. The minimum absolute atomic E-state index is 0.536. The molecule has 136 valence electrons. The van der Waals surface area contributed by atoms with E-state index in [1.807, 2.05) is 0 Å². The third-order valence-corrected chi connectivity index (χ3v) is 6.35. The SMILES string of the molecule is CCCCCCCCCCCNCCNC12CCC(CC1)CC2. The van der Waals surface area contributed by atoms with Gasteiger partial charge in [0.25, 0.3) is 0 Å². The van der Waals surface area contributed by atoms with E-state index < -0.39 is 0 Å². The summed E-state index contributed by atoms with van der Waals surface area (Å²) in [5, 5.41) is 7.53. The maximum absolute atomic E-state index is 3.90. The van der Waals surface area contributed by atoms with Gasteiger partial charge in [-0.2, -0.15) is 0 Å². The fraction of sp³-hybridized carbons (Fsp3) is 1.00. The average molecular weight is 323 g/mol. The van der Waals surface area contributed by atoms with Gasteiger partial charge in [0, 0.05) is 18.6 Å². The Labute approximate surface area is 145 Å². The van der Waals surface area contributed by atoms with Gasteiger partial charge in [0.05, 0.1) is 0 Å². The van der Waals surface area contributed by atoms with E-state index in [0.717, 1.165) is 12.5 Å². The van der Waals surface area contributed by atoms with Gasteiger partial charge in [0.15, 0.2) is 0 Å². The lowest BCUT2D eigenvalue weighted by molar-refractivity contribution is 0.106. The van der Waals surface area contributed by atoms with E-state index in [1.54, 1.807) is 0 Å². The molecule has 0 amide bonds. The van der Waals surface area contributed by atoms with E-state index in [9.17, 15) is 0 Å². The Bertz CT molecular complexity index is 268. The maximum Gasteiger partial charge on any atom is 0.0182 e. The number of unbranched alkanes of at least 4 members (excludes halogenated alkanes) is 8. The van der Waals surface area contributed by atoms with E-state index >= 15 is 0 Å². The van der Waals surface area contributed by atoms with Gasteiger partial charge in [0.1, 0.15) is 0 Å². The van der Waals surface area contributed by atoms with Crippen molar-refractivity contribution in [1.29, 1.82) is 0 Å². The first-order chi connectivity index (χ1) is 11.3. The molecule has 0 unspecified atom stereocenters. The molecule has 2 bridgehead atoms. The van der Waals surface area contributed by atoms with Crippen molar-refractivity contribution in [2.45, 2.75) is 109 Å². The summed E-state index contributed by atoms with van der Waals surface area (Å²) in [6.07, 6.45) is 21.6. The van der Waals surface area contributed by atoms with Crippen LogP contribution in [0.3, 0.4) is 0 Å². The summed E-state index contributed by atoms with van der Waals surface area (Å²) in [5.74, 6) is 1.07. The van der Waals surface area contributed by atoms with Crippen molar-refractivity contribution >= 4 is 0 Å². The molecule has 0 aromatic rings. The molecule has 3 aliphatic rings. The highest BCUT2D eigenvalue weighted by atomic mass is 15.0. The first-order valence-corrected chi connectivity index (χ1v) is 10.8. The van der Waals surface area contributed by atoms with Crippen molar-refractivity contribution in [3.05, 3.63) is 0 Å². The van der Waals surface area contributed by atoms with Crippen molar-refractivity contribution in [1.82, 2.24) is 10.6 Å². The molecule has 0 saturated heterocycles. The summed E-state index contributed by atoms with van der Waals surface area (Å²) < 4.78 is 0. The fourth-order valence-corrected chi connectivity index (χ4v) is 4.62. The molecule has 2 N–H and O–H groups in total. The Morgan fingerprint density at radius 2 is 1.26 bits per heavy atom. The summed E-state index contributed by atoms with van der Waals surface area (Å²) in [7, 11) is 0. The second-order valence-electron chi connectivity index (χ2n) is 8.27. The molecule has 3 saturated carbocycles. The van der Waals surface area contributed by atoms with E-state index in [1.165, 1.54) is 109 Å². The fourth-order valence-electron chi connectivity index (χ4n) is 4.62. The van der Waals surface area contributed by atoms with E-state index in [0.29, 0.717) is 5.54 Å². The molecule has 0 atom stereocenters. The molecule has 0 heterocycles. The van der Waals surface area contributed by atoms with Crippen LogP contribution in [0.25, 0.3) is 0 Å². The second-order valence-corrected chi connectivity index (χ2v) is 8.27. The van der Waals surface area contributed by atoms with Crippen LogP contribution in [0.15, 0.2) is 0 Å². The van der Waals surface area contributed by atoms with Gasteiger partial charge >= 0.3 is 0 Å². The number of nitrogens with one attached hydrogen (secondary N) is 2.